The number of aliphatic hydroxyl groups is 1. The molecule has 1 aliphatic rings. The number of nitrogens with zero attached hydrogens (tertiary/aromatic N) is 3. The van der Waals surface area contributed by atoms with Crippen LogP contribution in [0.3, 0.4) is 0 Å². The molecule has 3 rings (SSSR count). The van der Waals surface area contributed by atoms with Gasteiger partial charge in [-0.15, -0.1) is 6.58 Å². The monoisotopic (exact) mass is 314 g/mol. The summed E-state index contributed by atoms with van der Waals surface area (Å²) in [5, 5.41) is 10.1. The van der Waals surface area contributed by atoms with E-state index in [0.29, 0.717) is 0 Å². The van der Waals surface area contributed by atoms with Crippen molar-refractivity contribution in [3.05, 3.63) is 36.9 Å². The van der Waals surface area contributed by atoms with Crippen LogP contribution in [0.4, 0.5) is 5.95 Å². The van der Waals surface area contributed by atoms with Gasteiger partial charge in [0.15, 0.2) is 0 Å². The van der Waals surface area contributed by atoms with Crippen LogP contribution in [0.5, 0.6) is 0 Å². The minimum absolute atomic E-state index is 0.259. The SMILES string of the molecule is C=CCCC(O)CN1CCCN(c2nc3ccccc3[nH]2)CC1. The van der Waals surface area contributed by atoms with Crippen molar-refractivity contribution in [1.82, 2.24) is 14.9 Å². The predicted molar refractivity (Wildman–Crippen MR) is 94.8 cm³/mol. The Balaban J connectivity index is 1.58. The number of aromatic amines is 1. The van der Waals surface area contributed by atoms with Gasteiger partial charge in [0.05, 0.1) is 17.1 Å². The highest BCUT2D eigenvalue weighted by Gasteiger charge is 2.19. The third-order valence-corrected chi connectivity index (χ3v) is 4.44. The summed E-state index contributed by atoms with van der Waals surface area (Å²) < 4.78 is 0. The van der Waals surface area contributed by atoms with Crippen molar-refractivity contribution in [1.29, 1.82) is 0 Å². The molecule has 1 fully saturated rings. The Bertz CT molecular complexity index is 606. The third-order valence-electron chi connectivity index (χ3n) is 4.44. The van der Waals surface area contributed by atoms with Crippen LogP contribution >= 0.6 is 0 Å². The van der Waals surface area contributed by atoms with E-state index in [-0.39, 0.29) is 6.10 Å². The molecule has 0 bridgehead atoms. The Morgan fingerprint density at radius 3 is 2.96 bits per heavy atom. The van der Waals surface area contributed by atoms with E-state index in [2.05, 4.69) is 27.4 Å². The summed E-state index contributed by atoms with van der Waals surface area (Å²) in [7, 11) is 0. The molecule has 0 saturated carbocycles. The second kappa shape index (κ2) is 7.62. The van der Waals surface area contributed by atoms with Crippen molar-refractivity contribution in [2.24, 2.45) is 0 Å². The van der Waals surface area contributed by atoms with Crippen LogP contribution in [-0.4, -0.2) is 58.8 Å². The summed E-state index contributed by atoms with van der Waals surface area (Å²) in [5.41, 5.74) is 2.10. The van der Waals surface area contributed by atoms with Gasteiger partial charge in [0.1, 0.15) is 0 Å². The maximum atomic E-state index is 10.1. The van der Waals surface area contributed by atoms with Crippen molar-refractivity contribution in [2.75, 3.05) is 37.6 Å². The molecule has 0 aliphatic carbocycles. The third kappa shape index (κ3) is 4.12. The average molecular weight is 314 g/mol. The summed E-state index contributed by atoms with van der Waals surface area (Å²) in [6.45, 7) is 8.39. The first kappa shape index (κ1) is 16.0. The Morgan fingerprint density at radius 2 is 2.13 bits per heavy atom. The zero-order chi connectivity index (χ0) is 16.1. The van der Waals surface area contributed by atoms with Crippen LogP contribution in [0.15, 0.2) is 36.9 Å². The molecule has 0 amide bonds. The molecule has 1 aromatic carbocycles. The Morgan fingerprint density at radius 1 is 1.26 bits per heavy atom. The summed E-state index contributed by atoms with van der Waals surface area (Å²) in [4.78, 5) is 12.8. The Kier molecular flexibility index (Phi) is 5.31. The molecule has 1 unspecified atom stereocenters. The van der Waals surface area contributed by atoms with E-state index in [9.17, 15) is 5.11 Å². The van der Waals surface area contributed by atoms with Crippen LogP contribution in [0.1, 0.15) is 19.3 Å². The minimum atomic E-state index is -0.259. The van der Waals surface area contributed by atoms with Crippen LogP contribution in [0.25, 0.3) is 11.0 Å². The highest BCUT2D eigenvalue weighted by molar-refractivity contribution is 5.77. The highest BCUT2D eigenvalue weighted by atomic mass is 16.3. The van der Waals surface area contributed by atoms with Gasteiger partial charge >= 0.3 is 0 Å². The molecular weight excluding hydrogens is 288 g/mol. The van der Waals surface area contributed by atoms with Gasteiger partial charge in [-0.3, -0.25) is 4.90 Å². The molecule has 2 N–H and O–H groups in total. The highest BCUT2D eigenvalue weighted by Crippen LogP contribution is 2.18. The average Bonchev–Trinajstić information content (AvgIpc) is 2.86. The number of nitrogens with one attached hydrogen (secondary N) is 1. The molecule has 1 atom stereocenters. The first-order chi connectivity index (χ1) is 11.3. The molecular formula is C18H26N4O. The first-order valence-corrected chi connectivity index (χ1v) is 8.47. The van der Waals surface area contributed by atoms with Gasteiger partial charge in [-0.05, 0) is 37.9 Å². The summed E-state index contributed by atoms with van der Waals surface area (Å²) in [6, 6.07) is 8.14. The van der Waals surface area contributed by atoms with E-state index in [0.717, 1.165) is 69.0 Å². The van der Waals surface area contributed by atoms with Gasteiger partial charge in [-0.25, -0.2) is 4.98 Å². The number of benzene rings is 1. The number of aromatic nitrogens is 2. The largest absolute Gasteiger partial charge is 0.392 e. The maximum Gasteiger partial charge on any atom is 0.203 e. The number of hydrogen-bond acceptors (Lipinski definition) is 4. The van der Waals surface area contributed by atoms with Gasteiger partial charge in [0, 0.05) is 26.2 Å². The second-order valence-corrected chi connectivity index (χ2v) is 6.24. The molecule has 1 saturated heterocycles. The van der Waals surface area contributed by atoms with Gasteiger partial charge in [0.25, 0.3) is 0 Å². The van der Waals surface area contributed by atoms with E-state index in [1.165, 1.54) is 0 Å². The van der Waals surface area contributed by atoms with Crippen LogP contribution in [0, 0.1) is 0 Å². The van der Waals surface area contributed by atoms with Crippen molar-refractivity contribution in [3.8, 4) is 0 Å². The fourth-order valence-electron chi connectivity index (χ4n) is 3.15. The number of aliphatic hydroxyl groups excluding tert-OH is 1. The number of anilines is 1. The van der Waals surface area contributed by atoms with Crippen LogP contribution < -0.4 is 4.90 Å². The lowest BCUT2D eigenvalue weighted by Gasteiger charge is -2.23. The van der Waals surface area contributed by atoms with Gasteiger partial charge in [0.2, 0.25) is 5.95 Å². The van der Waals surface area contributed by atoms with E-state index in [1.54, 1.807) is 0 Å². The summed E-state index contributed by atoms with van der Waals surface area (Å²) in [6.07, 6.45) is 4.37. The van der Waals surface area contributed by atoms with Crippen molar-refractivity contribution in [2.45, 2.75) is 25.4 Å². The van der Waals surface area contributed by atoms with E-state index in [4.69, 9.17) is 4.98 Å². The lowest BCUT2D eigenvalue weighted by Crippen LogP contribution is -2.36. The lowest BCUT2D eigenvalue weighted by molar-refractivity contribution is 0.110. The van der Waals surface area contributed by atoms with Crippen molar-refractivity contribution >= 4 is 17.0 Å². The number of hydrogen-bond donors (Lipinski definition) is 2. The predicted octanol–water partition coefficient (Wildman–Crippen LogP) is 2.40. The zero-order valence-corrected chi connectivity index (χ0v) is 13.6. The zero-order valence-electron chi connectivity index (χ0n) is 13.6. The molecule has 2 heterocycles. The number of allylic oxidation sites excluding steroid dienone is 1. The number of imidazole rings is 1. The number of β-amino-alcohol motifs (C(OH)–C–C–N with tert-alkyl or cyclic N) is 1. The standard InChI is InChI=1S/C18H26N4O/c1-2-3-7-15(23)14-21-10-6-11-22(13-12-21)18-19-16-8-4-5-9-17(16)20-18/h2,4-5,8-9,15,23H,1,3,6-7,10-14H2,(H,19,20). The van der Waals surface area contributed by atoms with E-state index in [1.807, 2.05) is 24.3 Å². The Hall–Kier alpha value is -1.85. The summed E-state index contributed by atoms with van der Waals surface area (Å²) >= 11 is 0. The molecule has 5 heteroatoms. The topological polar surface area (TPSA) is 55.4 Å². The molecule has 0 spiro atoms. The molecule has 124 valence electrons. The maximum absolute atomic E-state index is 10.1. The van der Waals surface area contributed by atoms with Gasteiger partial charge < -0.3 is 15.0 Å². The Labute approximate surface area is 137 Å². The van der Waals surface area contributed by atoms with Gasteiger partial charge in [-0.1, -0.05) is 18.2 Å². The summed E-state index contributed by atoms with van der Waals surface area (Å²) in [5.74, 6) is 0.959. The fraction of sp³-hybridized carbons (Fsp3) is 0.500. The molecule has 23 heavy (non-hydrogen) atoms. The smallest absolute Gasteiger partial charge is 0.203 e. The first-order valence-electron chi connectivity index (χ1n) is 8.47. The number of H-pyrrole nitrogens is 1. The van der Waals surface area contributed by atoms with Crippen LogP contribution in [0.2, 0.25) is 0 Å². The molecule has 1 aromatic heterocycles. The number of fused-ring (bicyclic) bond motifs is 1. The van der Waals surface area contributed by atoms with Crippen LogP contribution in [-0.2, 0) is 0 Å². The molecule has 1 aliphatic heterocycles. The lowest BCUT2D eigenvalue weighted by atomic mass is 10.2. The van der Waals surface area contributed by atoms with E-state index < -0.39 is 0 Å². The quantitative estimate of drug-likeness (QED) is 0.804. The molecule has 5 nitrogen and oxygen atoms in total. The molecule has 2 aromatic rings. The van der Waals surface area contributed by atoms with E-state index >= 15 is 0 Å². The van der Waals surface area contributed by atoms with Gasteiger partial charge in [-0.2, -0.15) is 0 Å². The second-order valence-electron chi connectivity index (χ2n) is 6.24. The number of para-hydroxylation sites is 2. The van der Waals surface area contributed by atoms with Crippen molar-refractivity contribution in [3.63, 3.8) is 0 Å². The minimum Gasteiger partial charge on any atom is -0.392 e. The fourth-order valence-corrected chi connectivity index (χ4v) is 3.15. The number of rotatable bonds is 6. The molecule has 0 radical (unpaired) electrons. The normalized spacial score (nSPS) is 18.0. The van der Waals surface area contributed by atoms with Crippen molar-refractivity contribution < 1.29 is 5.11 Å².